The standard InChI is InChI=1S/C13H22N2/c1-4-11(9-15-3)13(14)12-7-5-6-10(2)8-12/h5-8,11,13,15H,4,9,14H2,1-3H3. The number of aryl methyl sites for hydroxylation is 1. The Balaban J connectivity index is 2.77. The summed E-state index contributed by atoms with van der Waals surface area (Å²) < 4.78 is 0. The van der Waals surface area contributed by atoms with Crippen LogP contribution in [0.15, 0.2) is 24.3 Å². The van der Waals surface area contributed by atoms with Crippen molar-refractivity contribution < 1.29 is 0 Å². The lowest BCUT2D eigenvalue weighted by molar-refractivity contribution is 0.403. The SMILES string of the molecule is CCC(CNC)C(N)c1cccc(C)c1. The zero-order valence-electron chi connectivity index (χ0n) is 9.96. The average Bonchev–Trinajstić information content (AvgIpc) is 2.25. The number of nitrogens with two attached hydrogens (primary N) is 1. The van der Waals surface area contributed by atoms with Crippen LogP contribution in [0.4, 0.5) is 0 Å². The molecule has 1 aromatic rings. The Morgan fingerprint density at radius 2 is 2.13 bits per heavy atom. The first-order valence-electron chi connectivity index (χ1n) is 5.65. The van der Waals surface area contributed by atoms with Gasteiger partial charge in [0.1, 0.15) is 0 Å². The third-order valence-corrected chi connectivity index (χ3v) is 2.93. The monoisotopic (exact) mass is 206 g/mol. The normalized spacial score (nSPS) is 14.9. The van der Waals surface area contributed by atoms with Gasteiger partial charge in [-0.3, -0.25) is 0 Å². The van der Waals surface area contributed by atoms with E-state index in [1.807, 2.05) is 7.05 Å². The molecule has 1 aromatic carbocycles. The van der Waals surface area contributed by atoms with E-state index in [0.29, 0.717) is 5.92 Å². The molecule has 2 nitrogen and oxygen atoms in total. The molecule has 0 saturated carbocycles. The zero-order valence-corrected chi connectivity index (χ0v) is 9.96. The molecule has 0 aromatic heterocycles. The van der Waals surface area contributed by atoms with E-state index in [4.69, 9.17) is 5.73 Å². The number of nitrogens with one attached hydrogen (secondary N) is 1. The maximum atomic E-state index is 6.26. The van der Waals surface area contributed by atoms with Gasteiger partial charge in [-0.05, 0) is 32.0 Å². The van der Waals surface area contributed by atoms with Crippen molar-refractivity contribution >= 4 is 0 Å². The molecule has 84 valence electrons. The van der Waals surface area contributed by atoms with Crippen molar-refractivity contribution in [2.75, 3.05) is 13.6 Å². The van der Waals surface area contributed by atoms with E-state index in [2.05, 4.69) is 43.4 Å². The highest BCUT2D eigenvalue weighted by Gasteiger charge is 2.16. The Hall–Kier alpha value is -0.860. The minimum absolute atomic E-state index is 0.141. The molecule has 0 bridgehead atoms. The van der Waals surface area contributed by atoms with Crippen molar-refractivity contribution in [1.29, 1.82) is 0 Å². The fraction of sp³-hybridized carbons (Fsp3) is 0.538. The van der Waals surface area contributed by atoms with E-state index in [-0.39, 0.29) is 6.04 Å². The van der Waals surface area contributed by atoms with Gasteiger partial charge in [-0.15, -0.1) is 0 Å². The van der Waals surface area contributed by atoms with Crippen molar-refractivity contribution in [2.24, 2.45) is 11.7 Å². The van der Waals surface area contributed by atoms with Crippen molar-refractivity contribution in [3.05, 3.63) is 35.4 Å². The number of hydrogen-bond donors (Lipinski definition) is 2. The summed E-state index contributed by atoms with van der Waals surface area (Å²) in [5.74, 6) is 0.511. The molecule has 0 heterocycles. The van der Waals surface area contributed by atoms with E-state index in [9.17, 15) is 0 Å². The first-order chi connectivity index (χ1) is 7.19. The van der Waals surface area contributed by atoms with Gasteiger partial charge in [0.25, 0.3) is 0 Å². The molecule has 1 rings (SSSR count). The molecule has 0 radical (unpaired) electrons. The molecule has 0 aliphatic carbocycles. The van der Waals surface area contributed by atoms with Gasteiger partial charge < -0.3 is 11.1 Å². The summed E-state index contributed by atoms with van der Waals surface area (Å²) in [6.45, 7) is 5.28. The van der Waals surface area contributed by atoms with Crippen LogP contribution in [-0.4, -0.2) is 13.6 Å². The Bertz CT molecular complexity index is 296. The molecule has 0 amide bonds. The summed E-state index contributed by atoms with van der Waals surface area (Å²) in [5, 5.41) is 3.20. The molecule has 2 heteroatoms. The molecule has 2 atom stereocenters. The van der Waals surface area contributed by atoms with E-state index >= 15 is 0 Å². The summed E-state index contributed by atoms with van der Waals surface area (Å²) in [4.78, 5) is 0. The lowest BCUT2D eigenvalue weighted by Gasteiger charge is -2.23. The molecule has 0 aliphatic rings. The lowest BCUT2D eigenvalue weighted by Crippen LogP contribution is -2.29. The van der Waals surface area contributed by atoms with Crippen LogP contribution < -0.4 is 11.1 Å². The van der Waals surface area contributed by atoms with Crippen LogP contribution in [0.25, 0.3) is 0 Å². The fourth-order valence-electron chi connectivity index (χ4n) is 1.94. The van der Waals surface area contributed by atoms with Gasteiger partial charge >= 0.3 is 0 Å². The van der Waals surface area contributed by atoms with Crippen molar-refractivity contribution in [1.82, 2.24) is 5.32 Å². The molecule has 2 unspecified atom stereocenters. The Morgan fingerprint density at radius 1 is 1.40 bits per heavy atom. The van der Waals surface area contributed by atoms with Gasteiger partial charge in [0, 0.05) is 6.04 Å². The maximum Gasteiger partial charge on any atom is 0.0335 e. The third kappa shape index (κ3) is 3.33. The molecule has 0 saturated heterocycles. The second kappa shape index (κ2) is 5.89. The zero-order chi connectivity index (χ0) is 11.3. The van der Waals surface area contributed by atoms with Crippen molar-refractivity contribution in [3.63, 3.8) is 0 Å². The summed E-state index contributed by atoms with van der Waals surface area (Å²) in [6, 6.07) is 8.63. The highest BCUT2D eigenvalue weighted by Crippen LogP contribution is 2.22. The smallest absolute Gasteiger partial charge is 0.0335 e. The van der Waals surface area contributed by atoms with Gasteiger partial charge in [-0.1, -0.05) is 43.2 Å². The van der Waals surface area contributed by atoms with Crippen molar-refractivity contribution in [3.8, 4) is 0 Å². The van der Waals surface area contributed by atoms with Crippen LogP contribution in [0.5, 0.6) is 0 Å². The fourth-order valence-corrected chi connectivity index (χ4v) is 1.94. The molecule has 0 fully saturated rings. The summed E-state index contributed by atoms with van der Waals surface area (Å²) >= 11 is 0. The number of hydrogen-bond acceptors (Lipinski definition) is 2. The third-order valence-electron chi connectivity index (χ3n) is 2.93. The predicted octanol–water partition coefficient (Wildman–Crippen LogP) is 2.24. The first-order valence-corrected chi connectivity index (χ1v) is 5.65. The highest BCUT2D eigenvalue weighted by molar-refractivity contribution is 5.25. The average molecular weight is 206 g/mol. The van der Waals surface area contributed by atoms with Gasteiger partial charge in [0.05, 0.1) is 0 Å². The van der Waals surface area contributed by atoms with Gasteiger partial charge in [0.15, 0.2) is 0 Å². The highest BCUT2D eigenvalue weighted by atomic mass is 14.8. The predicted molar refractivity (Wildman–Crippen MR) is 65.8 cm³/mol. The minimum Gasteiger partial charge on any atom is -0.324 e. The van der Waals surface area contributed by atoms with E-state index < -0.39 is 0 Å². The van der Waals surface area contributed by atoms with E-state index in [1.54, 1.807) is 0 Å². The van der Waals surface area contributed by atoms with Gasteiger partial charge in [0.2, 0.25) is 0 Å². The Kier molecular flexibility index (Phi) is 4.79. The maximum absolute atomic E-state index is 6.26. The van der Waals surface area contributed by atoms with E-state index in [0.717, 1.165) is 13.0 Å². The molecular weight excluding hydrogens is 184 g/mol. The second-order valence-electron chi connectivity index (χ2n) is 4.17. The van der Waals surface area contributed by atoms with Crippen LogP contribution in [0.2, 0.25) is 0 Å². The molecule has 3 N–H and O–H groups in total. The van der Waals surface area contributed by atoms with Crippen LogP contribution in [0.3, 0.4) is 0 Å². The summed E-state index contributed by atoms with van der Waals surface area (Å²) in [7, 11) is 1.98. The number of rotatable bonds is 5. The van der Waals surface area contributed by atoms with Crippen molar-refractivity contribution in [2.45, 2.75) is 26.3 Å². The summed E-state index contributed by atoms with van der Waals surface area (Å²) in [5.41, 5.74) is 8.79. The van der Waals surface area contributed by atoms with Gasteiger partial charge in [-0.25, -0.2) is 0 Å². The largest absolute Gasteiger partial charge is 0.324 e. The lowest BCUT2D eigenvalue weighted by atomic mass is 9.91. The van der Waals surface area contributed by atoms with Crippen LogP contribution >= 0.6 is 0 Å². The Labute approximate surface area is 92.9 Å². The van der Waals surface area contributed by atoms with Crippen LogP contribution in [-0.2, 0) is 0 Å². The van der Waals surface area contributed by atoms with E-state index in [1.165, 1.54) is 11.1 Å². The molecule has 15 heavy (non-hydrogen) atoms. The summed E-state index contributed by atoms with van der Waals surface area (Å²) in [6.07, 6.45) is 1.11. The first kappa shape index (κ1) is 12.2. The second-order valence-corrected chi connectivity index (χ2v) is 4.17. The Morgan fingerprint density at radius 3 is 2.67 bits per heavy atom. The van der Waals surface area contributed by atoms with Gasteiger partial charge in [-0.2, -0.15) is 0 Å². The molecule has 0 spiro atoms. The van der Waals surface area contributed by atoms with Crippen LogP contribution in [0.1, 0.15) is 30.5 Å². The molecule has 0 aliphatic heterocycles. The quantitative estimate of drug-likeness (QED) is 0.775. The van der Waals surface area contributed by atoms with Crippen LogP contribution in [0, 0.1) is 12.8 Å². The molecular formula is C13H22N2. The topological polar surface area (TPSA) is 38.0 Å². The minimum atomic E-state index is 0.141. The number of benzene rings is 1.